The minimum Gasteiger partial charge on any atom is -0.480 e. The maximum atomic E-state index is 11.9. The molecule has 3 nitrogen and oxygen atoms in total. The normalized spacial score (nSPS) is 17.8. The molecule has 121 valence electrons. The molecule has 0 spiro atoms. The van der Waals surface area contributed by atoms with Crippen LogP contribution in [0.25, 0.3) is 0 Å². The molecule has 1 aromatic rings. The van der Waals surface area contributed by atoms with Crippen LogP contribution < -0.4 is 0 Å². The Morgan fingerprint density at radius 2 is 1.82 bits per heavy atom. The van der Waals surface area contributed by atoms with Crippen molar-refractivity contribution in [3.63, 3.8) is 0 Å². The Morgan fingerprint density at radius 3 is 2.36 bits per heavy atom. The van der Waals surface area contributed by atoms with Gasteiger partial charge in [0.15, 0.2) is 0 Å². The average Bonchev–Trinajstić information content (AvgIpc) is 2.52. The number of hydrogen-bond acceptors (Lipinski definition) is 2. The summed E-state index contributed by atoms with van der Waals surface area (Å²) in [5.74, 6) is 0.584. The highest BCUT2D eigenvalue weighted by Crippen LogP contribution is 2.26. The number of carbonyl (C=O) groups is 1. The fourth-order valence-corrected chi connectivity index (χ4v) is 3.46. The lowest BCUT2D eigenvalue weighted by molar-refractivity contribution is -0.144. The van der Waals surface area contributed by atoms with Crippen molar-refractivity contribution in [2.75, 3.05) is 6.54 Å². The Balaban J connectivity index is 2.17. The van der Waals surface area contributed by atoms with E-state index in [1.54, 1.807) is 0 Å². The predicted molar refractivity (Wildman–Crippen MR) is 89.7 cm³/mol. The molecule has 1 atom stereocenters. The zero-order valence-electron chi connectivity index (χ0n) is 13.8. The van der Waals surface area contributed by atoms with Gasteiger partial charge in [0.2, 0.25) is 0 Å². The molecule has 1 aliphatic carbocycles. The number of carboxylic acid groups (broad SMARTS) is 1. The van der Waals surface area contributed by atoms with E-state index in [0.717, 1.165) is 24.9 Å². The average molecular weight is 302 g/mol. The summed E-state index contributed by atoms with van der Waals surface area (Å²) < 4.78 is 0. The highest BCUT2D eigenvalue weighted by atomic mass is 16.4. The zero-order chi connectivity index (χ0) is 15.9. The summed E-state index contributed by atoms with van der Waals surface area (Å²) in [6.07, 6.45) is 6.58. The van der Waals surface area contributed by atoms with Crippen LogP contribution in [0.5, 0.6) is 0 Å². The van der Waals surface area contributed by atoms with Gasteiger partial charge in [0.25, 0.3) is 0 Å². The van der Waals surface area contributed by atoms with Crippen LogP contribution in [-0.4, -0.2) is 34.6 Å². The van der Waals surface area contributed by atoms with E-state index in [2.05, 4.69) is 18.7 Å². The molecule has 1 radical (unpaired) electrons. The SMILES string of the molecule is C[C](C)CN(C1CCCCC1)[C@@H](Cc1ccccc1)C(=O)O. The summed E-state index contributed by atoms with van der Waals surface area (Å²) in [7, 11) is 0. The standard InChI is InChI=1S/C19H28NO2/c1-15(2)14-20(17-11-7-4-8-12-17)18(19(21)22)13-16-9-5-3-6-10-16/h3,5-6,9-10,17-18H,4,7-8,11-14H2,1-2H3,(H,21,22)/t18-/m0/s1. The van der Waals surface area contributed by atoms with Gasteiger partial charge in [-0.25, -0.2) is 0 Å². The largest absolute Gasteiger partial charge is 0.480 e. The minimum atomic E-state index is -0.698. The molecule has 1 N–H and O–H groups in total. The molecule has 0 unspecified atom stereocenters. The van der Waals surface area contributed by atoms with Crippen LogP contribution in [0.2, 0.25) is 0 Å². The molecule has 1 saturated carbocycles. The van der Waals surface area contributed by atoms with Crippen molar-refractivity contribution >= 4 is 5.97 Å². The molecular weight excluding hydrogens is 274 g/mol. The second-order valence-corrected chi connectivity index (χ2v) is 6.72. The maximum absolute atomic E-state index is 11.9. The van der Waals surface area contributed by atoms with Crippen LogP contribution in [0.1, 0.15) is 51.5 Å². The fourth-order valence-electron chi connectivity index (χ4n) is 3.46. The number of nitrogens with zero attached hydrogens (tertiary/aromatic N) is 1. The van der Waals surface area contributed by atoms with E-state index in [0.29, 0.717) is 12.5 Å². The molecule has 0 amide bonds. The summed E-state index contributed by atoms with van der Waals surface area (Å²) in [5, 5.41) is 9.80. The third kappa shape index (κ3) is 4.84. The third-order valence-electron chi connectivity index (χ3n) is 4.50. The first-order valence-electron chi connectivity index (χ1n) is 8.39. The second-order valence-electron chi connectivity index (χ2n) is 6.72. The highest BCUT2D eigenvalue weighted by molar-refractivity contribution is 5.74. The molecule has 0 saturated heterocycles. The van der Waals surface area contributed by atoms with Crippen LogP contribution in [0.3, 0.4) is 0 Å². The van der Waals surface area contributed by atoms with Gasteiger partial charge in [-0.15, -0.1) is 0 Å². The van der Waals surface area contributed by atoms with E-state index >= 15 is 0 Å². The van der Waals surface area contributed by atoms with Gasteiger partial charge in [0, 0.05) is 12.6 Å². The lowest BCUT2D eigenvalue weighted by Crippen LogP contribution is -2.50. The van der Waals surface area contributed by atoms with Crippen LogP contribution in [-0.2, 0) is 11.2 Å². The van der Waals surface area contributed by atoms with E-state index in [-0.39, 0.29) is 0 Å². The molecule has 1 fully saturated rings. The predicted octanol–water partition coefficient (Wildman–Crippen LogP) is 3.93. The summed E-state index contributed by atoms with van der Waals surface area (Å²) in [5.41, 5.74) is 1.10. The molecule has 3 heteroatoms. The zero-order valence-corrected chi connectivity index (χ0v) is 13.8. The van der Waals surface area contributed by atoms with Crippen LogP contribution >= 0.6 is 0 Å². The Morgan fingerprint density at radius 1 is 1.18 bits per heavy atom. The number of benzene rings is 1. The molecule has 0 heterocycles. The van der Waals surface area contributed by atoms with Gasteiger partial charge >= 0.3 is 5.97 Å². The molecule has 0 aromatic heterocycles. The maximum Gasteiger partial charge on any atom is 0.321 e. The Kier molecular flexibility index (Phi) is 6.44. The van der Waals surface area contributed by atoms with E-state index < -0.39 is 12.0 Å². The van der Waals surface area contributed by atoms with E-state index in [9.17, 15) is 9.90 Å². The molecule has 1 aliphatic rings. The fraction of sp³-hybridized carbons (Fsp3) is 0.579. The number of hydrogen-bond donors (Lipinski definition) is 1. The molecule has 22 heavy (non-hydrogen) atoms. The summed E-state index contributed by atoms with van der Waals surface area (Å²) in [4.78, 5) is 14.2. The number of aliphatic carboxylic acids is 1. The Bertz CT molecular complexity index is 452. The molecule has 0 bridgehead atoms. The van der Waals surface area contributed by atoms with Crippen LogP contribution in [0, 0.1) is 5.92 Å². The first-order chi connectivity index (χ1) is 10.6. The van der Waals surface area contributed by atoms with Crippen molar-refractivity contribution in [2.24, 2.45) is 0 Å². The summed E-state index contributed by atoms with van der Waals surface area (Å²) in [6.45, 7) is 4.98. The van der Waals surface area contributed by atoms with Crippen molar-refractivity contribution in [1.82, 2.24) is 4.90 Å². The second kappa shape index (κ2) is 8.33. The molecule has 0 aliphatic heterocycles. The van der Waals surface area contributed by atoms with Gasteiger partial charge in [-0.1, -0.05) is 63.4 Å². The Labute approximate surface area is 134 Å². The number of rotatable bonds is 7. The van der Waals surface area contributed by atoms with Crippen LogP contribution in [0.4, 0.5) is 0 Å². The highest BCUT2D eigenvalue weighted by Gasteiger charge is 2.32. The van der Waals surface area contributed by atoms with E-state index in [1.807, 2.05) is 30.3 Å². The molecule has 2 rings (SSSR count). The van der Waals surface area contributed by atoms with E-state index in [1.165, 1.54) is 25.2 Å². The monoisotopic (exact) mass is 302 g/mol. The van der Waals surface area contributed by atoms with Crippen molar-refractivity contribution in [1.29, 1.82) is 0 Å². The van der Waals surface area contributed by atoms with Crippen molar-refractivity contribution < 1.29 is 9.90 Å². The first-order valence-corrected chi connectivity index (χ1v) is 8.39. The lowest BCUT2D eigenvalue weighted by Gasteiger charge is -2.39. The van der Waals surface area contributed by atoms with Gasteiger partial charge < -0.3 is 5.11 Å². The third-order valence-corrected chi connectivity index (χ3v) is 4.50. The molecular formula is C19H28NO2. The van der Waals surface area contributed by atoms with Gasteiger partial charge in [-0.05, 0) is 30.7 Å². The summed E-state index contributed by atoms with van der Waals surface area (Å²) >= 11 is 0. The van der Waals surface area contributed by atoms with Gasteiger partial charge in [0.1, 0.15) is 6.04 Å². The summed E-state index contributed by atoms with van der Waals surface area (Å²) in [6, 6.07) is 9.97. The smallest absolute Gasteiger partial charge is 0.321 e. The number of carboxylic acids is 1. The Hall–Kier alpha value is -1.35. The topological polar surface area (TPSA) is 40.5 Å². The van der Waals surface area contributed by atoms with Crippen LogP contribution in [0.15, 0.2) is 30.3 Å². The minimum absolute atomic E-state index is 0.411. The van der Waals surface area contributed by atoms with Gasteiger partial charge in [0.05, 0.1) is 0 Å². The molecule has 1 aromatic carbocycles. The van der Waals surface area contributed by atoms with Gasteiger partial charge in [-0.2, -0.15) is 0 Å². The lowest BCUT2D eigenvalue weighted by atomic mass is 9.91. The van der Waals surface area contributed by atoms with Crippen molar-refractivity contribution in [3.05, 3.63) is 41.8 Å². The quantitative estimate of drug-likeness (QED) is 0.829. The van der Waals surface area contributed by atoms with Crippen molar-refractivity contribution in [3.8, 4) is 0 Å². The first kappa shape index (κ1) is 17.0. The van der Waals surface area contributed by atoms with Crippen molar-refractivity contribution in [2.45, 2.75) is 64.5 Å². The van der Waals surface area contributed by atoms with E-state index in [4.69, 9.17) is 0 Å². The van der Waals surface area contributed by atoms with Gasteiger partial charge in [-0.3, -0.25) is 9.69 Å².